The monoisotopic (exact) mass is 556 g/mol. The van der Waals surface area contributed by atoms with Gasteiger partial charge in [-0.05, 0) is 87.1 Å². The summed E-state index contributed by atoms with van der Waals surface area (Å²) in [6.45, 7) is 11.8. The first-order valence-electron chi connectivity index (χ1n) is 13.3. The Morgan fingerprint density at radius 2 is 0.976 bits per heavy atom. The van der Waals surface area contributed by atoms with Crippen LogP contribution in [0.25, 0.3) is 22.3 Å². The molecule has 9 nitrogen and oxygen atoms in total. The highest BCUT2D eigenvalue weighted by Gasteiger charge is 2.29. The summed E-state index contributed by atoms with van der Waals surface area (Å²) >= 11 is 0. The van der Waals surface area contributed by atoms with Gasteiger partial charge < -0.3 is 14.2 Å². The molecule has 4 aromatic rings. The van der Waals surface area contributed by atoms with Crippen LogP contribution in [0.2, 0.25) is 0 Å². The number of aryl methyl sites for hydroxylation is 4. The minimum atomic E-state index is -0.487. The van der Waals surface area contributed by atoms with Gasteiger partial charge in [0.2, 0.25) is 11.5 Å². The SMILES string of the molecule is CCOc1c([N+](=O)[O-])ccc(Oc2ccc([N+](=O)[O-])c(OCC)c2-c2ccc(C)c(C)c2)c1-c1ccc(C)c(C)c1. The summed E-state index contributed by atoms with van der Waals surface area (Å²) in [5.41, 5.74) is 5.89. The second-order valence-corrected chi connectivity index (χ2v) is 9.65. The zero-order valence-electron chi connectivity index (χ0n) is 23.9. The molecular formula is C32H32N2O7. The van der Waals surface area contributed by atoms with Crippen LogP contribution in [-0.2, 0) is 0 Å². The predicted octanol–water partition coefficient (Wildman–Crippen LogP) is 8.66. The molecule has 0 atom stereocenters. The number of hydrogen-bond acceptors (Lipinski definition) is 7. The first-order valence-corrected chi connectivity index (χ1v) is 13.3. The Hall–Kier alpha value is -4.92. The minimum absolute atomic E-state index is 0.0814. The highest BCUT2D eigenvalue weighted by molar-refractivity contribution is 5.85. The van der Waals surface area contributed by atoms with E-state index in [0.717, 1.165) is 22.3 Å². The molecule has 0 aliphatic carbocycles. The number of benzene rings is 4. The van der Waals surface area contributed by atoms with Gasteiger partial charge in [0.25, 0.3) is 0 Å². The maximum Gasteiger partial charge on any atom is 0.311 e. The Morgan fingerprint density at radius 3 is 1.29 bits per heavy atom. The van der Waals surface area contributed by atoms with Crippen molar-refractivity contribution in [3.05, 3.63) is 103 Å². The Kier molecular flexibility index (Phi) is 8.56. The van der Waals surface area contributed by atoms with Gasteiger partial charge in [-0.1, -0.05) is 36.4 Å². The standard InChI is InChI=1S/C32H32N2O7/c1-7-39-31-25(33(35)36)13-15-27(29(31)23-11-9-19(3)21(5)17-23)41-28-16-14-26(34(37)38)32(40-8-2)30(28)24-12-10-20(4)22(6)18-24/h9-18H,7-8H2,1-6H3. The maximum atomic E-state index is 12.0. The van der Waals surface area contributed by atoms with Gasteiger partial charge in [0.15, 0.2) is 0 Å². The lowest BCUT2D eigenvalue weighted by Gasteiger charge is -2.20. The van der Waals surface area contributed by atoms with Crippen LogP contribution in [0.15, 0.2) is 60.7 Å². The van der Waals surface area contributed by atoms with Gasteiger partial charge in [0.05, 0.1) is 34.2 Å². The van der Waals surface area contributed by atoms with Crippen molar-refractivity contribution in [1.82, 2.24) is 0 Å². The van der Waals surface area contributed by atoms with Crippen molar-refractivity contribution in [3.63, 3.8) is 0 Å². The van der Waals surface area contributed by atoms with Crippen molar-refractivity contribution in [2.45, 2.75) is 41.5 Å². The average Bonchev–Trinajstić information content (AvgIpc) is 2.92. The van der Waals surface area contributed by atoms with Crippen LogP contribution in [-0.4, -0.2) is 23.1 Å². The Balaban J connectivity index is 2.04. The molecule has 0 radical (unpaired) electrons. The lowest BCUT2D eigenvalue weighted by atomic mass is 9.97. The van der Waals surface area contributed by atoms with Gasteiger partial charge in [-0.15, -0.1) is 0 Å². The third-order valence-electron chi connectivity index (χ3n) is 6.98. The van der Waals surface area contributed by atoms with Crippen LogP contribution in [0.3, 0.4) is 0 Å². The van der Waals surface area contributed by atoms with E-state index >= 15 is 0 Å². The maximum absolute atomic E-state index is 12.0. The molecule has 0 fully saturated rings. The summed E-state index contributed by atoms with van der Waals surface area (Å²) in [5, 5.41) is 24.0. The molecule has 0 bridgehead atoms. The molecule has 4 rings (SSSR count). The molecule has 0 heterocycles. The molecule has 0 unspecified atom stereocenters. The topological polar surface area (TPSA) is 114 Å². The van der Waals surface area contributed by atoms with Gasteiger partial charge in [-0.25, -0.2) is 0 Å². The zero-order chi connectivity index (χ0) is 29.8. The van der Waals surface area contributed by atoms with Crippen LogP contribution in [0.1, 0.15) is 36.1 Å². The highest BCUT2D eigenvalue weighted by Crippen LogP contribution is 2.50. The highest BCUT2D eigenvalue weighted by atomic mass is 16.6. The first kappa shape index (κ1) is 29.1. The number of nitro groups is 2. The normalized spacial score (nSPS) is 10.8. The molecule has 0 saturated heterocycles. The van der Waals surface area contributed by atoms with Crippen LogP contribution in [0.4, 0.5) is 11.4 Å². The van der Waals surface area contributed by atoms with E-state index in [2.05, 4.69) is 0 Å². The van der Waals surface area contributed by atoms with Crippen molar-refractivity contribution in [2.75, 3.05) is 13.2 Å². The molecule has 0 N–H and O–H groups in total. The lowest BCUT2D eigenvalue weighted by Crippen LogP contribution is -2.03. The Morgan fingerprint density at radius 1 is 0.585 bits per heavy atom. The average molecular weight is 557 g/mol. The molecule has 4 aromatic carbocycles. The zero-order valence-corrected chi connectivity index (χ0v) is 23.9. The lowest BCUT2D eigenvalue weighted by molar-refractivity contribution is -0.385. The number of hydrogen-bond donors (Lipinski definition) is 0. The van der Waals surface area contributed by atoms with Gasteiger partial charge in [0, 0.05) is 12.1 Å². The van der Waals surface area contributed by atoms with E-state index in [1.54, 1.807) is 13.8 Å². The van der Waals surface area contributed by atoms with Crippen LogP contribution in [0, 0.1) is 47.9 Å². The van der Waals surface area contributed by atoms with E-state index in [1.165, 1.54) is 24.3 Å². The minimum Gasteiger partial charge on any atom is -0.487 e. The number of nitrogens with zero attached hydrogens (tertiary/aromatic N) is 2. The molecule has 212 valence electrons. The fraction of sp³-hybridized carbons (Fsp3) is 0.250. The molecule has 0 amide bonds. The summed E-state index contributed by atoms with van der Waals surface area (Å²) in [5.74, 6) is 0.753. The van der Waals surface area contributed by atoms with Gasteiger partial charge >= 0.3 is 11.4 Å². The van der Waals surface area contributed by atoms with E-state index in [9.17, 15) is 20.2 Å². The number of nitro benzene ring substituents is 2. The van der Waals surface area contributed by atoms with E-state index < -0.39 is 9.85 Å². The van der Waals surface area contributed by atoms with Crippen molar-refractivity contribution in [1.29, 1.82) is 0 Å². The molecule has 9 heteroatoms. The number of rotatable bonds is 10. The number of ether oxygens (including phenoxy) is 3. The molecule has 0 saturated carbocycles. The second-order valence-electron chi connectivity index (χ2n) is 9.65. The van der Waals surface area contributed by atoms with Crippen molar-refractivity contribution < 1.29 is 24.1 Å². The third-order valence-corrected chi connectivity index (χ3v) is 6.98. The fourth-order valence-corrected chi connectivity index (χ4v) is 4.60. The molecule has 0 aliphatic rings. The van der Waals surface area contributed by atoms with Gasteiger partial charge in [-0.3, -0.25) is 20.2 Å². The third kappa shape index (κ3) is 5.84. The van der Waals surface area contributed by atoms with E-state index in [1.807, 2.05) is 64.1 Å². The van der Waals surface area contributed by atoms with E-state index in [-0.39, 0.29) is 36.1 Å². The molecule has 0 aliphatic heterocycles. The van der Waals surface area contributed by atoms with Crippen molar-refractivity contribution >= 4 is 11.4 Å². The summed E-state index contributed by atoms with van der Waals surface area (Å²) in [6, 6.07) is 17.2. The summed E-state index contributed by atoms with van der Waals surface area (Å²) < 4.78 is 18.2. The van der Waals surface area contributed by atoms with Crippen molar-refractivity contribution in [3.8, 4) is 45.3 Å². The van der Waals surface area contributed by atoms with E-state index in [0.29, 0.717) is 33.8 Å². The Labute approximate surface area is 238 Å². The van der Waals surface area contributed by atoms with Crippen LogP contribution in [0.5, 0.6) is 23.0 Å². The summed E-state index contributed by atoms with van der Waals surface area (Å²) in [7, 11) is 0. The van der Waals surface area contributed by atoms with E-state index in [4.69, 9.17) is 14.2 Å². The molecule has 41 heavy (non-hydrogen) atoms. The first-order chi connectivity index (χ1) is 19.6. The van der Waals surface area contributed by atoms with Crippen LogP contribution >= 0.6 is 0 Å². The quantitative estimate of drug-likeness (QED) is 0.142. The smallest absolute Gasteiger partial charge is 0.311 e. The second kappa shape index (κ2) is 12.1. The summed E-state index contributed by atoms with van der Waals surface area (Å²) in [6.07, 6.45) is 0. The van der Waals surface area contributed by atoms with Gasteiger partial charge in [-0.2, -0.15) is 0 Å². The van der Waals surface area contributed by atoms with Gasteiger partial charge in [0.1, 0.15) is 11.5 Å². The summed E-state index contributed by atoms with van der Waals surface area (Å²) in [4.78, 5) is 23.0. The largest absolute Gasteiger partial charge is 0.487 e. The van der Waals surface area contributed by atoms with Crippen LogP contribution < -0.4 is 14.2 Å². The molecule has 0 spiro atoms. The van der Waals surface area contributed by atoms with Crippen molar-refractivity contribution in [2.24, 2.45) is 0 Å². The molecule has 0 aromatic heterocycles. The fourth-order valence-electron chi connectivity index (χ4n) is 4.60. The predicted molar refractivity (Wildman–Crippen MR) is 158 cm³/mol. The molecular weight excluding hydrogens is 524 g/mol. The Bertz CT molecular complexity index is 1530.